The second-order valence-corrected chi connectivity index (χ2v) is 7.42. The highest BCUT2D eigenvalue weighted by molar-refractivity contribution is 5.96. The molecule has 2 aromatic carbocycles. The number of aryl methyl sites for hydroxylation is 1. The molecule has 1 aliphatic rings. The Morgan fingerprint density at radius 1 is 1.17 bits per heavy atom. The number of hydrogen-bond acceptors (Lipinski definition) is 4. The zero-order chi connectivity index (χ0) is 21.1. The number of anilines is 1. The van der Waals surface area contributed by atoms with E-state index in [0.29, 0.717) is 36.7 Å². The van der Waals surface area contributed by atoms with Crippen LogP contribution in [0.2, 0.25) is 0 Å². The number of hydrogen-bond donors (Lipinski definition) is 1. The van der Waals surface area contributed by atoms with Gasteiger partial charge in [0, 0.05) is 18.8 Å². The van der Waals surface area contributed by atoms with Gasteiger partial charge in [-0.3, -0.25) is 9.59 Å². The summed E-state index contributed by atoms with van der Waals surface area (Å²) in [5.41, 5.74) is 2.71. The average Bonchev–Trinajstić information content (AvgIpc) is 3.20. The van der Waals surface area contributed by atoms with Crippen LogP contribution in [0.15, 0.2) is 59.3 Å². The summed E-state index contributed by atoms with van der Waals surface area (Å²) < 4.78 is 18.3. The predicted molar refractivity (Wildman–Crippen MR) is 110 cm³/mol. The molecule has 1 saturated heterocycles. The van der Waals surface area contributed by atoms with Gasteiger partial charge in [-0.25, -0.2) is 9.37 Å². The highest BCUT2D eigenvalue weighted by Gasteiger charge is 2.30. The van der Waals surface area contributed by atoms with E-state index in [0.717, 1.165) is 17.5 Å². The van der Waals surface area contributed by atoms with Gasteiger partial charge in [0.15, 0.2) is 12.1 Å². The van der Waals surface area contributed by atoms with Gasteiger partial charge >= 0.3 is 0 Å². The lowest BCUT2D eigenvalue weighted by atomic mass is 9.96. The Balaban J connectivity index is 1.43. The molecular formula is C23H22FN3O3. The van der Waals surface area contributed by atoms with Gasteiger partial charge in [0.1, 0.15) is 11.6 Å². The lowest BCUT2D eigenvalue weighted by molar-refractivity contribution is -0.121. The summed E-state index contributed by atoms with van der Waals surface area (Å²) in [6.45, 7) is 2.63. The van der Waals surface area contributed by atoms with Crippen LogP contribution in [0.25, 0.3) is 11.1 Å². The molecule has 1 N–H and O–H groups in total. The van der Waals surface area contributed by atoms with E-state index in [1.54, 1.807) is 24.0 Å². The van der Waals surface area contributed by atoms with Crippen molar-refractivity contribution in [3.8, 4) is 11.1 Å². The molecule has 0 aliphatic carbocycles. The first-order chi connectivity index (χ1) is 14.5. The second kappa shape index (κ2) is 8.49. The number of oxazole rings is 1. The van der Waals surface area contributed by atoms with Gasteiger partial charge in [0.25, 0.3) is 5.91 Å². The van der Waals surface area contributed by atoms with Gasteiger partial charge < -0.3 is 14.6 Å². The highest BCUT2D eigenvalue weighted by Crippen LogP contribution is 2.25. The molecule has 0 saturated carbocycles. The van der Waals surface area contributed by atoms with Gasteiger partial charge in [-0.1, -0.05) is 24.3 Å². The first kappa shape index (κ1) is 19.8. The average molecular weight is 407 g/mol. The molecule has 2 heterocycles. The first-order valence-corrected chi connectivity index (χ1v) is 9.87. The molecule has 3 aromatic rings. The molecule has 1 atom stereocenters. The molecular weight excluding hydrogens is 385 g/mol. The van der Waals surface area contributed by atoms with E-state index in [2.05, 4.69) is 10.3 Å². The van der Waals surface area contributed by atoms with Crippen molar-refractivity contribution >= 4 is 17.5 Å². The molecule has 0 radical (unpaired) electrons. The van der Waals surface area contributed by atoms with Crippen molar-refractivity contribution in [2.75, 3.05) is 18.4 Å². The van der Waals surface area contributed by atoms with Crippen molar-refractivity contribution in [2.24, 2.45) is 5.92 Å². The van der Waals surface area contributed by atoms with E-state index in [1.807, 2.05) is 24.3 Å². The lowest BCUT2D eigenvalue weighted by Crippen LogP contribution is -2.44. The number of aromatic nitrogens is 1. The third-order valence-corrected chi connectivity index (χ3v) is 5.33. The van der Waals surface area contributed by atoms with Crippen molar-refractivity contribution in [1.82, 2.24) is 9.88 Å². The number of carbonyl (C=O) groups excluding carboxylic acids is 2. The second-order valence-electron chi connectivity index (χ2n) is 7.42. The summed E-state index contributed by atoms with van der Waals surface area (Å²) in [5, 5.41) is 2.95. The fraction of sp³-hybridized carbons (Fsp3) is 0.261. The summed E-state index contributed by atoms with van der Waals surface area (Å²) in [5.74, 6) is -0.452. The van der Waals surface area contributed by atoms with Crippen LogP contribution >= 0.6 is 0 Å². The number of nitrogens with zero attached hydrogens (tertiary/aromatic N) is 2. The zero-order valence-electron chi connectivity index (χ0n) is 16.6. The highest BCUT2D eigenvalue weighted by atomic mass is 19.1. The molecule has 1 aliphatic heterocycles. The molecule has 0 spiro atoms. The molecule has 1 unspecified atom stereocenters. The molecule has 1 fully saturated rings. The zero-order valence-corrected chi connectivity index (χ0v) is 16.6. The van der Waals surface area contributed by atoms with Gasteiger partial charge in [-0.2, -0.15) is 0 Å². The van der Waals surface area contributed by atoms with Crippen LogP contribution < -0.4 is 5.32 Å². The number of benzene rings is 2. The SMILES string of the molecule is Cc1ocnc1C(=O)N1CCCC(C(=O)Nc2cccc(-c3ccc(F)cc3)c2)C1. The van der Waals surface area contributed by atoms with Gasteiger partial charge in [0.05, 0.1) is 5.92 Å². The molecule has 2 amide bonds. The Bertz CT molecular complexity index is 1060. The number of carbonyl (C=O) groups is 2. The number of halogens is 1. The van der Waals surface area contributed by atoms with E-state index < -0.39 is 0 Å². The Hall–Kier alpha value is -3.48. The number of nitrogens with one attached hydrogen (secondary N) is 1. The van der Waals surface area contributed by atoms with Crippen LogP contribution in [0.5, 0.6) is 0 Å². The lowest BCUT2D eigenvalue weighted by Gasteiger charge is -2.31. The summed E-state index contributed by atoms with van der Waals surface area (Å²) in [6, 6.07) is 13.6. The van der Waals surface area contributed by atoms with Gasteiger partial charge in [-0.15, -0.1) is 0 Å². The van der Waals surface area contributed by atoms with Crippen LogP contribution in [-0.4, -0.2) is 34.8 Å². The predicted octanol–water partition coefficient (Wildman–Crippen LogP) is 4.28. The fourth-order valence-electron chi connectivity index (χ4n) is 3.70. The Kier molecular flexibility index (Phi) is 5.61. The third kappa shape index (κ3) is 4.25. The summed E-state index contributed by atoms with van der Waals surface area (Å²) in [6.07, 6.45) is 2.71. The standard InChI is InChI=1S/C23H22FN3O3/c1-15-21(25-14-30-15)23(29)27-11-3-5-18(13-27)22(28)26-20-6-2-4-17(12-20)16-7-9-19(24)10-8-16/h2,4,6-10,12,14,18H,3,5,11,13H2,1H3,(H,26,28). The van der Waals surface area contributed by atoms with E-state index >= 15 is 0 Å². The third-order valence-electron chi connectivity index (χ3n) is 5.33. The Labute approximate surface area is 173 Å². The number of rotatable bonds is 4. The van der Waals surface area contributed by atoms with Crippen LogP contribution in [0.4, 0.5) is 10.1 Å². The van der Waals surface area contributed by atoms with Crippen LogP contribution in [0, 0.1) is 18.7 Å². The molecule has 6 nitrogen and oxygen atoms in total. The topological polar surface area (TPSA) is 75.4 Å². The number of amides is 2. The maximum atomic E-state index is 13.2. The normalized spacial score (nSPS) is 16.3. The summed E-state index contributed by atoms with van der Waals surface area (Å²) >= 11 is 0. The maximum absolute atomic E-state index is 13.2. The molecule has 4 rings (SSSR count). The fourth-order valence-corrected chi connectivity index (χ4v) is 3.70. The van der Waals surface area contributed by atoms with Crippen molar-refractivity contribution < 1.29 is 18.4 Å². The van der Waals surface area contributed by atoms with Crippen molar-refractivity contribution in [3.63, 3.8) is 0 Å². The van der Waals surface area contributed by atoms with Gasteiger partial charge in [0.2, 0.25) is 5.91 Å². The van der Waals surface area contributed by atoms with E-state index in [4.69, 9.17) is 4.42 Å². The quantitative estimate of drug-likeness (QED) is 0.700. The minimum Gasteiger partial charge on any atom is -0.448 e. The maximum Gasteiger partial charge on any atom is 0.276 e. The molecule has 0 bridgehead atoms. The summed E-state index contributed by atoms with van der Waals surface area (Å²) in [4.78, 5) is 31.2. The minimum absolute atomic E-state index is 0.124. The summed E-state index contributed by atoms with van der Waals surface area (Å²) in [7, 11) is 0. The molecule has 7 heteroatoms. The van der Waals surface area contributed by atoms with Gasteiger partial charge in [-0.05, 0) is 55.2 Å². The van der Waals surface area contributed by atoms with Crippen LogP contribution in [0.1, 0.15) is 29.1 Å². The Morgan fingerprint density at radius 3 is 2.70 bits per heavy atom. The number of piperidine rings is 1. The molecule has 1 aromatic heterocycles. The van der Waals surface area contributed by atoms with Crippen LogP contribution in [-0.2, 0) is 4.79 Å². The molecule has 154 valence electrons. The Morgan fingerprint density at radius 2 is 1.97 bits per heavy atom. The van der Waals surface area contributed by atoms with Crippen molar-refractivity contribution in [1.29, 1.82) is 0 Å². The first-order valence-electron chi connectivity index (χ1n) is 9.87. The van der Waals surface area contributed by atoms with E-state index in [-0.39, 0.29) is 23.5 Å². The minimum atomic E-state index is -0.301. The van der Waals surface area contributed by atoms with E-state index in [9.17, 15) is 14.0 Å². The van der Waals surface area contributed by atoms with Crippen molar-refractivity contribution in [3.05, 3.63) is 72.2 Å². The number of likely N-dealkylation sites (tertiary alicyclic amines) is 1. The van der Waals surface area contributed by atoms with Crippen LogP contribution in [0.3, 0.4) is 0 Å². The largest absolute Gasteiger partial charge is 0.448 e. The smallest absolute Gasteiger partial charge is 0.276 e. The van der Waals surface area contributed by atoms with Crippen molar-refractivity contribution in [2.45, 2.75) is 19.8 Å². The van der Waals surface area contributed by atoms with E-state index in [1.165, 1.54) is 18.5 Å². The monoisotopic (exact) mass is 407 g/mol. The molecule has 30 heavy (non-hydrogen) atoms.